The van der Waals surface area contributed by atoms with Crippen LogP contribution in [0.5, 0.6) is 0 Å². The Kier molecular flexibility index (Phi) is 4.88. The van der Waals surface area contributed by atoms with Gasteiger partial charge in [0.25, 0.3) is 0 Å². The van der Waals surface area contributed by atoms with Crippen molar-refractivity contribution in [2.45, 2.75) is 78.5 Å². The zero-order valence-corrected chi connectivity index (χ0v) is 13.3. The van der Waals surface area contributed by atoms with Crippen LogP contribution in [-0.4, -0.2) is 35.2 Å². The van der Waals surface area contributed by atoms with Gasteiger partial charge in [0.1, 0.15) is 5.60 Å². The zero-order valence-electron chi connectivity index (χ0n) is 13.3. The van der Waals surface area contributed by atoms with E-state index in [-0.39, 0.29) is 23.6 Å². The Hall–Kier alpha value is -0.770. The predicted octanol–water partition coefficient (Wildman–Crippen LogP) is 3.15. The molecule has 0 aromatic rings. The number of amides is 1. The number of nitrogens with zero attached hydrogens (tertiary/aromatic N) is 1. The van der Waals surface area contributed by atoms with Gasteiger partial charge >= 0.3 is 6.09 Å². The molecule has 0 aromatic carbocycles. The van der Waals surface area contributed by atoms with Crippen LogP contribution in [0.25, 0.3) is 0 Å². The van der Waals surface area contributed by atoms with Crippen LogP contribution in [0.2, 0.25) is 0 Å². The predicted molar refractivity (Wildman–Crippen MR) is 78.0 cm³/mol. The number of hydrogen-bond acceptors (Lipinski definition) is 3. The average molecular weight is 270 g/mol. The Bertz CT molecular complexity index is 315. The lowest BCUT2D eigenvalue weighted by atomic mass is 9.79. The summed E-state index contributed by atoms with van der Waals surface area (Å²) in [6.45, 7) is 12.8. The first kappa shape index (κ1) is 16.3. The number of carbonyl (C=O) groups is 1. The van der Waals surface area contributed by atoms with Gasteiger partial charge in [-0.15, -0.1) is 0 Å². The Balaban J connectivity index is 2.81. The molecular weight excluding hydrogens is 240 g/mol. The van der Waals surface area contributed by atoms with Crippen LogP contribution in [0.15, 0.2) is 0 Å². The number of piperidine rings is 1. The zero-order chi connectivity index (χ0) is 14.8. The third kappa shape index (κ3) is 4.68. The van der Waals surface area contributed by atoms with Crippen molar-refractivity contribution < 1.29 is 9.53 Å². The lowest BCUT2D eigenvalue weighted by Gasteiger charge is -2.43. The van der Waals surface area contributed by atoms with Crippen molar-refractivity contribution >= 4 is 6.09 Å². The van der Waals surface area contributed by atoms with E-state index in [9.17, 15) is 4.79 Å². The summed E-state index contributed by atoms with van der Waals surface area (Å²) in [5, 5.41) is 0. The maximum atomic E-state index is 12.3. The highest BCUT2D eigenvalue weighted by Gasteiger charge is 2.38. The summed E-state index contributed by atoms with van der Waals surface area (Å²) in [5.74, 6) is 0. The van der Waals surface area contributed by atoms with E-state index >= 15 is 0 Å². The van der Waals surface area contributed by atoms with Crippen molar-refractivity contribution in [3.8, 4) is 0 Å². The third-order valence-corrected chi connectivity index (χ3v) is 3.59. The van der Waals surface area contributed by atoms with Crippen molar-refractivity contribution in [1.82, 2.24) is 4.90 Å². The van der Waals surface area contributed by atoms with Gasteiger partial charge in [0.2, 0.25) is 0 Å². The fraction of sp³-hybridized carbons (Fsp3) is 0.933. The molecule has 0 bridgehead atoms. The molecule has 1 amide bonds. The summed E-state index contributed by atoms with van der Waals surface area (Å²) >= 11 is 0. The van der Waals surface area contributed by atoms with Crippen LogP contribution >= 0.6 is 0 Å². The molecule has 0 radical (unpaired) electrons. The summed E-state index contributed by atoms with van der Waals surface area (Å²) in [6.07, 6.45) is 2.91. The van der Waals surface area contributed by atoms with E-state index in [0.29, 0.717) is 0 Å². The number of hydrogen-bond donors (Lipinski definition) is 1. The largest absolute Gasteiger partial charge is 0.444 e. The lowest BCUT2D eigenvalue weighted by Crippen LogP contribution is -2.57. The molecular formula is C15H30N2O2. The van der Waals surface area contributed by atoms with Crippen molar-refractivity contribution in [3.63, 3.8) is 0 Å². The smallest absolute Gasteiger partial charge is 0.410 e. The van der Waals surface area contributed by atoms with Crippen molar-refractivity contribution in [2.24, 2.45) is 11.1 Å². The molecule has 1 rings (SSSR count). The summed E-state index contributed by atoms with van der Waals surface area (Å²) < 4.78 is 5.50. The average Bonchev–Trinajstić information content (AvgIpc) is 2.24. The molecule has 0 aliphatic carbocycles. The van der Waals surface area contributed by atoms with Crippen LogP contribution in [0.3, 0.4) is 0 Å². The summed E-state index contributed by atoms with van der Waals surface area (Å²) in [4.78, 5) is 14.1. The van der Waals surface area contributed by atoms with E-state index in [1.54, 1.807) is 0 Å². The van der Waals surface area contributed by atoms with E-state index in [1.165, 1.54) is 0 Å². The second-order valence-electron chi connectivity index (χ2n) is 7.63. The standard InChI is InChI=1S/C15H30N2O2/c1-14(2,3)12(16)11-9-7-8-10-17(11)13(18)19-15(4,5)6/h11-12H,7-10,16H2,1-6H3/t11-,12-/m1/s1. The van der Waals surface area contributed by atoms with Crippen molar-refractivity contribution in [1.29, 1.82) is 0 Å². The van der Waals surface area contributed by atoms with Gasteiger partial charge in [0.05, 0.1) is 6.04 Å². The SMILES string of the molecule is CC(C)(C)OC(=O)N1CCCC[C@@H]1[C@@H](N)C(C)(C)C. The number of ether oxygens (including phenoxy) is 1. The molecule has 0 aromatic heterocycles. The Morgan fingerprint density at radius 3 is 2.26 bits per heavy atom. The van der Waals surface area contributed by atoms with Crippen LogP contribution in [-0.2, 0) is 4.74 Å². The van der Waals surface area contributed by atoms with Gasteiger partial charge in [-0.2, -0.15) is 0 Å². The Morgan fingerprint density at radius 2 is 1.79 bits per heavy atom. The summed E-state index contributed by atoms with van der Waals surface area (Å²) in [5.41, 5.74) is 5.90. The molecule has 4 heteroatoms. The van der Waals surface area contributed by atoms with Crippen LogP contribution < -0.4 is 5.73 Å². The molecule has 0 saturated carbocycles. The van der Waals surface area contributed by atoms with E-state index < -0.39 is 5.60 Å². The molecule has 4 nitrogen and oxygen atoms in total. The Labute approximate surface area is 117 Å². The van der Waals surface area contributed by atoms with Crippen molar-refractivity contribution in [3.05, 3.63) is 0 Å². The molecule has 1 heterocycles. The van der Waals surface area contributed by atoms with Crippen LogP contribution in [0.1, 0.15) is 60.8 Å². The first-order valence-electron chi connectivity index (χ1n) is 7.27. The maximum Gasteiger partial charge on any atom is 0.410 e. The van der Waals surface area contributed by atoms with Crippen LogP contribution in [0.4, 0.5) is 4.79 Å². The Morgan fingerprint density at radius 1 is 1.21 bits per heavy atom. The maximum absolute atomic E-state index is 12.3. The normalized spacial score (nSPS) is 23.1. The highest BCUT2D eigenvalue weighted by atomic mass is 16.6. The quantitative estimate of drug-likeness (QED) is 0.796. The number of likely N-dealkylation sites (tertiary alicyclic amines) is 1. The van der Waals surface area contributed by atoms with Crippen molar-refractivity contribution in [2.75, 3.05) is 6.54 Å². The first-order chi connectivity index (χ1) is 8.52. The molecule has 1 fully saturated rings. The minimum atomic E-state index is -0.453. The number of nitrogens with two attached hydrogens (primary N) is 1. The van der Waals surface area contributed by atoms with E-state index in [4.69, 9.17) is 10.5 Å². The highest BCUT2D eigenvalue weighted by molar-refractivity contribution is 5.68. The van der Waals surface area contributed by atoms with E-state index in [2.05, 4.69) is 20.8 Å². The molecule has 2 N–H and O–H groups in total. The first-order valence-corrected chi connectivity index (χ1v) is 7.27. The number of carbonyl (C=O) groups excluding carboxylic acids is 1. The second-order valence-corrected chi connectivity index (χ2v) is 7.63. The minimum Gasteiger partial charge on any atom is -0.444 e. The fourth-order valence-corrected chi connectivity index (χ4v) is 2.46. The number of rotatable bonds is 1. The molecule has 2 atom stereocenters. The second kappa shape index (κ2) is 5.70. The van der Waals surface area contributed by atoms with Gasteiger partial charge in [-0.25, -0.2) is 4.79 Å². The highest BCUT2D eigenvalue weighted by Crippen LogP contribution is 2.29. The minimum absolute atomic E-state index is 0.0116. The molecule has 1 aliphatic heterocycles. The molecule has 0 unspecified atom stereocenters. The van der Waals surface area contributed by atoms with Gasteiger partial charge in [-0.3, -0.25) is 0 Å². The third-order valence-electron chi connectivity index (χ3n) is 3.59. The fourth-order valence-electron chi connectivity index (χ4n) is 2.46. The van der Waals surface area contributed by atoms with E-state index in [1.807, 2.05) is 25.7 Å². The topological polar surface area (TPSA) is 55.6 Å². The monoisotopic (exact) mass is 270 g/mol. The molecule has 0 spiro atoms. The lowest BCUT2D eigenvalue weighted by molar-refractivity contribution is 0.000814. The summed E-state index contributed by atoms with van der Waals surface area (Å²) in [7, 11) is 0. The molecule has 1 aliphatic rings. The van der Waals surface area contributed by atoms with Gasteiger partial charge in [-0.1, -0.05) is 20.8 Å². The van der Waals surface area contributed by atoms with Gasteiger partial charge in [0.15, 0.2) is 0 Å². The van der Waals surface area contributed by atoms with Crippen LogP contribution in [0, 0.1) is 5.41 Å². The molecule has 19 heavy (non-hydrogen) atoms. The molecule has 112 valence electrons. The van der Waals surface area contributed by atoms with Gasteiger partial charge in [-0.05, 0) is 45.4 Å². The van der Waals surface area contributed by atoms with Gasteiger partial charge in [0, 0.05) is 12.6 Å². The summed E-state index contributed by atoms with van der Waals surface area (Å²) in [6, 6.07) is 0.0592. The molecule has 1 saturated heterocycles. The van der Waals surface area contributed by atoms with E-state index in [0.717, 1.165) is 25.8 Å². The van der Waals surface area contributed by atoms with Gasteiger partial charge < -0.3 is 15.4 Å².